The molecule has 6 heteroatoms. The number of allylic oxidation sites excluding steroid dienone is 2. The SMILES string of the molecule is CC(C)(C)c1ccc(C2CC(=O)C3=C(C2)NC(=O)CC3c2cccc([N+](=O)[O-])c2)cc1. The molecular formula is C25H26N2O4. The number of carbonyl (C=O) groups excluding carboxylic acids is 2. The van der Waals surface area contributed by atoms with Crippen molar-refractivity contribution < 1.29 is 14.5 Å². The van der Waals surface area contributed by atoms with Gasteiger partial charge in [0.1, 0.15) is 0 Å². The number of amides is 1. The smallest absolute Gasteiger partial charge is 0.269 e. The molecule has 0 aromatic heterocycles. The Morgan fingerprint density at radius 1 is 0.968 bits per heavy atom. The van der Waals surface area contributed by atoms with Gasteiger partial charge in [-0.05, 0) is 34.4 Å². The molecule has 0 radical (unpaired) electrons. The first-order chi connectivity index (χ1) is 14.6. The van der Waals surface area contributed by atoms with Crippen LogP contribution in [0.1, 0.15) is 68.6 Å². The average Bonchev–Trinajstić information content (AvgIpc) is 2.72. The highest BCUT2D eigenvalue weighted by molar-refractivity contribution is 6.02. The topological polar surface area (TPSA) is 89.3 Å². The van der Waals surface area contributed by atoms with Gasteiger partial charge >= 0.3 is 0 Å². The Morgan fingerprint density at radius 3 is 2.32 bits per heavy atom. The molecule has 0 saturated carbocycles. The van der Waals surface area contributed by atoms with Crippen LogP contribution in [0.15, 0.2) is 59.8 Å². The molecule has 2 aromatic carbocycles. The summed E-state index contributed by atoms with van der Waals surface area (Å²) in [6.07, 6.45) is 1.07. The minimum absolute atomic E-state index is 0.00246. The Kier molecular flexibility index (Phi) is 5.25. The van der Waals surface area contributed by atoms with Gasteiger partial charge in [0.15, 0.2) is 5.78 Å². The number of benzene rings is 2. The maximum Gasteiger partial charge on any atom is 0.269 e. The molecule has 2 aromatic rings. The first kappa shape index (κ1) is 21.0. The molecule has 2 unspecified atom stereocenters. The summed E-state index contributed by atoms with van der Waals surface area (Å²) in [6, 6.07) is 14.6. The zero-order valence-corrected chi connectivity index (χ0v) is 18.0. The summed E-state index contributed by atoms with van der Waals surface area (Å²) in [4.78, 5) is 36.4. The number of nitro groups is 1. The van der Waals surface area contributed by atoms with E-state index in [4.69, 9.17) is 0 Å². The molecule has 2 aliphatic rings. The lowest BCUT2D eigenvalue weighted by atomic mass is 9.73. The number of hydrogen-bond donors (Lipinski definition) is 1. The summed E-state index contributed by atoms with van der Waals surface area (Å²) < 4.78 is 0. The number of ketones is 1. The van der Waals surface area contributed by atoms with E-state index in [1.54, 1.807) is 12.1 Å². The number of carbonyl (C=O) groups is 2. The van der Waals surface area contributed by atoms with Gasteiger partial charge in [-0.1, -0.05) is 57.2 Å². The summed E-state index contributed by atoms with van der Waals surface area (Å²) in [7, 11) is 0. The molecule has 160 valence electrons. The van der Waals surface area contributed by atoms with Crippen molar-refractivity contribution >= 4 is 17.4 Å². The van der Waals surface area contributed by atoms with E-state index in [0.29, 0.717) is 29.7 Å². The second-order valence-corrected chi connectivity index (χ2v) is 9.45. The van der Waals surface area contributed by atoms with Crippen LogP contribution in [-0.4, -0.2) is 16.6 Å². The quantitative estimate of drug-likeness (QED) is 0.567. The lowest BCUT2D eigenvalue weighted by Gasteiger charge is -2.34. The highest BCUT2D eigenvalue weighted by Crippen LogP contribution is 2.43. The van der Waals surface area contributed by atoms with Crippen molar-refractivity contribution in [2.24, 2.45) is 0 Å². The molecule has 1 aliphatic heterocycles. The number of nitrogens with zero attached hydrogens (tertiary/aromatic N) is 1. The molecular weight excluding hydrogens is 392 g/mol. The molecule has 1 amide bonds. The van der Waals surface area contributed by atoms with Crippen LogP contribution in [0.2, 0.25) is 0 Å². The number of rotatable bonds is 3. The molecule has 2 atom stereocenters. The van der Waals surface area contributed by atoms with Gasteiger partial charge in [0.25, 0.3) is 5.69 Å². The Hall–Kier alpha value is -3.28. The Morgan fingerprint density at radius 2 is 1.68 bits per heavy atom. The number of nitrogens with one attached hydrogen (secondary N) is 1. The van der Waals surface area contributed by atoms with Crippen molar-refractivity contribution in [2.75, 3.05) is 0 Å². The Balaban J connectivity index is 1.67. The van der Waals surface area contributed by atoms with Gasteiger partial charge in [-0.2, -0.15) is 0 Å². The Labute approximate surface area is 181 Å². The van der Waals surface area contributed by atoms with Crippen LogP contribution in [0.3, 0.4) is 0 Å². The van der Waals surface area contributed by atoms with Crippen molar-refractivity contribution in [3.63, 3.8) is 0 Å². The molecule has 31 heavy (non-hydrogen) atoms. The molecule has 0 saturated heterocycles. The van der Waals surface area contributed by atoms with Gasteiger partial charge in [0, 0.05) is 42.2 Å². The lowest BCUT2D eigenvalue weighted by molar-refractivity contribution is -0.384. The van der Waals surface area contributed by atoms with Crippen LogP contribution in [0.4, 0.5) is 5.69 Å². The number of hydrogen-bond acceptors (Lipinski definition) is 4. The highest BCUT2D eigenvalue weighted by Gasteiger charge is 2.38. The second-order valence-electron chi connectivity index (χ2n) is 9.45. The fraction of sp³-hybridized carbons (Fsp3) is 0.360. The number of non-ortho nitro benzene ring substituents is 1. The fourth-order valence-electron chi connectivity index (χ4n) is 4.59. The molecule has 4 rings (SSSR count). The lowest BCUT2D eigenvalue weighted by Crippen LogP contribution is -2.38. The predicted molar refractivity (Wildman–Crippen MR) is 118 cm³/mol. The molecule has 1 N–H and O–H groups in total. The Bertz CT molecular complexity index is 1090. The standard InChI is InChI=1S/C25H26N2O4/c1-25(2,3)18-9-7-15(8-10-18)17-12-21-24(22(28)13-17)20(14-23(29)26-21)16-5-4-6-19(11-16)27(30)31/h4-11,17,20H,12-14H2,1-3H3,(H,26,29). The summed E-state index contributed by atoms with van der Waals surface area (Å²) >= 11 is 0. The summed E-state index contributed by atoms with van der Waals surface area (Å²) in [5, 5.41) is 14.1. The van der Waals surface area contributed by atoms with Gasteiger partial charge in [-0.15, -0.1) is 0 Å². The largest absolute Gasteiger partial charge is 0.329 e. The maximum atomic E-state index is 13.2. The third-order valence-corrected chi connectivity index (χ3v) is 6.27. The maximum absolute atomic E-state index is 13.2. The van der Waals surface area contributed by atoms with Gasteiger partial charge in [0.2, 0.25) is 5.91 Å². The third-order valence-electron chi connectivity index (χ3n) is 6.27. The van der Waals surface area contributed by atoms with Crippen LogP contribution >= 0.6 is 0 Å². The van der Waals surface area contributed by atoms with E-state index >= 15 is 0 Å². The summed E-state index contributed by atoms with van der Waals surface area (Å²) in [6.45, 7) is 6.48. The first-order valence-corrected chi connectivity index (χ1v) is 10.5. The fourth-order valence-corrected chi connectivity index (χ4v) is 4.59. The number of Topliss-reactive ketones (excluding diaryl/α,β-unsaturated/α-hetero) is 1. The van der Waals surface area contributed by atoms with Crippen LogP contribution in [0.25, 0.3) is 0 Å². The molecule has 1 aliphatic carbocycles. The normalized spacial score (nSPS) is 21.5. The van der Waals surface area contributed by atoms with Crippen LogP contribution in [-0.2, 0) is 15.0 Å². The van der Waals surface area contributed by atoms with Crippen LogP contribution < -0.4 is 5.32 Å². The summed E-state index contributed by atoms with van der Waals surface area (Å²) in [5.74, 6) is -0.598. The highest BCUT2D eigenvalue weighted by atomic mass is 16.6. The van der Waals surface area contributed by atoms with Crippen molar-refractivity contribution in [3.8, 4) is 0 Å². The van der Waals surface area contributed by atoms with E-state index in [9.17, 15) is 19.7 Å². The van der Waals surface area contributed by atoms with Crippen molar-refractivity contribution in [1.82, 2.24) is 5.32 Å². The predicted octanol–water partition coefficient (Wildman–Crippen LogP) is 4.90. The van der Waals surface area contributed by atoms with Crippen LogP contribution in [0, 0.1) is 10.1 Å². The van der Waals surface area contributed by atoms with E-state index in [1.165, 1.54) is 17.7 Å². The van der Waals surface area contributed by atoms with Crippen molar-refractivity contribution in [3.05, 3.63) is 86.6 Å². The van der Waals surface area contributed by atoms with Gasteiger partial charge < -0.3 is 5.32 Å². The molecule has 0 spiro atoms. The minimum Gasteiger partial charge on any atom is -0.329 e. The second kappa shape index (κ2) is 7.76. The van der Waals surface area contributed by atoms with Crippen molar-refractivity contribution in [1.29, 1.82) is 0 Å². The zero-order chi connectivity index (χ0) is 22.3. The minimum atomic E-state index is -0.457. The number of nitro benzene ring substituents is 1. The average molecular weight is 418 g/mol. The van der Waals surface area contributed by atoms with E-state index < -0.39 is 10.8 Å². The van der Waals surface area contributed by atoms with E-state index in [2.05, 4.69) is 50.4 Å². The van der Waals surface area contributed by atoms with Gasteiger partial charge in [-0.25, -0.2) is 0 Å². The van der Waals surface area contributed by atoms with Gasteiger partial charge in [0.05, 0.1) is 4.92 Å². The summed E-state index contributed by atoms with van der Waals surface area (Å²) in [5.41, 5.74) is 4.23. The molecule has 0 fully saturated rings. The third kappa shape index (κ3) is 4.15. The van der Waals surface area contributed by atoms with Gasteiger partial charge in [-0.3, -0.25) is 19.7 Å². The molecule has 0 bridgehead atoms. The van der Waals surface area contributed by atoms with Crippen molar-refractivity contribution in [2.45, 2.75) is 57.3 Å². The van der Waals surface area contributed by atoms with E-state index in [-0.39, 0.29) is 35.1 Å². The van der Waals surface area contributed by atoms with E-state index in [1.807, 2.05) is 0 Å². The first-order valence-electron chi connectivity index (χ1n) is 10.5. The monoisotopic (exact) mass is 418 g/mol. The van der Waals surface area contributed by atoms with E-state index in [0.717, 1.165) is 5.56 Å². The van der Waals surface area contributed by atoms with Crippen LogP contribution in [0.5, 0.6) is 0 Å². The molecule has 1 heterocycles. The zero-order valence-electron chi connectivity index (χ0n) is 18.0. The molecule has 6 nitrogen and oxygen atoms in total.